The molecule has 0 amide bonds. The summed E-state index contributed by atoms with van der Waals surface area (Å²) in [4.78, 5) is 2.75. The molecular formula is C16H29NO. The molecule has 2 atom stereocenters. The topological polar surface area (TPSA) is 12.5 Å². The van der Waals surface area contributed by atoms with Gasteiger partial charge in [0.2, 0.25) is 0 Å². The van der Waals surface area contributed by atoms with Crippen molar-refractivity contribution >= 4 is 0 Å². The van der Waals surface area contributed by atoms with Crippen molar-refractivity contribution in [3.05, 3.63) is 0 Å². The Morgan fingerprint density at radius 3 is 2.44 bits per heavy atom. The van der Waals surface area contributed by atoms with Gasteiger partial charge in [0.15, 0.2) is 0 Å². The van der Waals surface area contributed by atoms with Gasteiger partial charge < -0.3 is 9.64 Å². The molecule has 0 radical (unpaired) electrons. The SMILES string of the molecule is C1CCC(OC[C@@H]2CCCN3CCCC[C@@H]23)CC1. The lowest BCUT2D eigenvalue weighted by molar-refractivity contribution is -0.0359. The van der Waals surface area contributed by atoms with Gasteiger partial charge in [-0.15, -0.1) is 0 Å². The number of piperidine rings is 2. The third kappa shape index (κ3) is 3.08. The second-order valence-electron chi connectivity index (χ2n) is 6.59. The summed E-state index contributed by atoms with van der Waals surface area (Å²) in [6, 6.07) is 0.857. The van der Waals surface area contributed by atoms with E-state index in [1.54, 1.807) is 0 Å². The number of hydrogen-bond donors (Lipinski definition) is 0. The third-order valence-corrected chi connectivity index (χ3v) is 5.33. The Bertz CT molecular complexity index is 247. The predicted octanol–water partition coefficient (Wildman–Crippen LogP) is 3.60. The van der Waals surface area contributed by atoms with Crippen molar-refractivity contribution in [2.45, 2.75) is 76.4 Å². The molecule has 1 saturated carbocycles. The van der Waals surface area contributed by atoms with Crippen LogP contribution in [0.1, 0.15) is 64.2 Å². The molecule has 18 heavy (non-hydrogen) atoms. The highest BCUT2D eigenvalue weighted by molar-refractivity contribution is 4.87. The molecule has 0 unspecified atom stereocenters. The van der Waals surface area contributed by atoms with E-state index in [0.717, 1.165) is 18.6 Å². The van der Waals surface area contributed by atoms with E-state index < -0.39 is 0 Å². The summed E-state index contributed by atoms with van der Waals surface area (Å²) in [7, 11) is 0. The summed E-state index contributed by atoms with van der Waals surface area (Å²) < 4.78 is 6.24. The molecule has 1 aliphatic carbocycles. The van der Waals surface area contributed by atoms with E-state index in [1.807, 2.05) is 0 Å². The van der Waals surface area contributed by atoms with E-state index in [1.165, 1.54) is 77.3 Å². The average molecular weight is 251 g/mol. The van der Waals surface area contributed by atoms with Gasteiger partial charge >= 0.3 is 0 Å². The molecule has 3 aliphatic rings. The Balaban J connectivity index is 1.48. The van der Waals surface area contributed by atoms with Crippen LogP contribution in [0.3, 0.4) is 0 Å². The van der Waals surface area contributed by atoms with Gasteiger partial charge in [0.05, 0.1) is 12.7 Å². The fraction of sp³-hybridized carbons (Fsp3) is 1.00. The van der Waals surface area contributed by atoms with Gasteiger partial charge in [-0.3, -0.25) is 0 Å². The maximum absolute atomic E-state index is 6.24. The van der Waals surface area contributed by atoms with E-state index in [4.69, 9.17) is 4.74 Å². The van der Waals surface area contributed by atoms with Gasteiger partial charge in [-0.25, -0.2) is 0 Å². The molecule has 0 spiro atoms. The van der Waals surface area contributed by atoms with Crippen LogP contribution in [-0.4, -0.2) is 36.7 Å². The van der Waals surface area contributed by atoms with E-state index in [2.05, 4.69) is 4.90 Å². The molecule has 0 aromatic rings. The summed E-state index contributed by atoms with van der Waals surface area (Å²) in [5.74, 6) is 0.834. The quantitative estimate of drug-likeness (QED) is 0.760. The minimum atomic E-state index is 0.595. The third-order valence-electron chi connectivity index (χ3n) is 5.33. The van der Waals surface area contributed by atoms with Gasteiger partial charge in [-0.2, -0.15) is 0 Å². The molecule has 0 N–H and O–H groups in total. The molecule has 2 heteroatoms. The van der Waals surface area contributed by atoms with Crippen LogP contribution in [0.25, 0.3) is 0 Å². The largest absolute Gasteiger partial charge is 0.378 e. The molecule has 2 saturated heterocycles. The first-order chi connectivity index (χ1) is 8.93. The van der Waals surface area contributed by atoms with E-state index in [-0.39, 0.29) is 0 Å². The summed E-state index contributed by atoms with van der Waals surface area (Å²) >= 11 is 0. The van der Waals surface area contributed by atoms with Crippen molar-refractivity contribution in [1.29, 1.82) is 0 Å². The number of hydrogen-bond acceptors (Lipinski definition) is 2. The van der Waals surface area contributed by atoms with Crippen LogP contribution in [-0.2, 0) is 4.74 Å². The maximum atomic E-state index is 6.24. The molecule has 2 heterocycles. The normalized spacial score (nSPS) is 35.3. The first-order valence-corrected chi connectivity index (χ1v) is 8.29. The highest BCUT2D eigenvalue weighted by Gasteiger charge is 2.33. The van der Waals surface area contributed by atoms with Crippen molar-refractivity contribution < 1.29 is 4.74 Å². The van der Waals surface area contributed by atoms with Gasteiger partial charge in [-0.05, 0) is 57.5 Å². The second-order valence-corrected chi connectivity index (χ2v) is 6.59. The first kappa shape index (κ1) is 12.9. The van der Waals surface area contributed by atoms with Crippen LogP contribution < -0.4 is 0 Å². The summed E-state index contributed by atoms with van der Waals surface area (Å²) in [5.41, 5.74) is 0. The van der Waals surface area contributed by atoms with Crippen molar-refractivity contribution in [2.24, 2.45) is 5.92 Å². The van der Waals surface area contributed by atoms with E-state index >= 15 is 0 Å². The molecule has 104 valence electrons. The van der Waals surface area contributed by atoms with Gasteiger partial charge in [0.1, 0.15) is 0 Å². The molecule has 0 aromatic heterocycles. The number of fused-ring (bicyclic) bond motifs is 1. The molecule has 3 rings (SSSR count). The molecule has 2 aliphatic heterocycles. The molecular weight excluding hydrogens is 222 g/mol. The molecule has 2 nitrogen and oxygen atoms in total. The minimum Gasteiger partial charge on any atom is -0.378 e. The summed E-state index contributed by atoms with van der Waals surface area (Å²) in [6.45, 7) is 3.75. The Labute approximate surface area is 112 Å². The molecule has 0 bridgehead atoms. The monoisotopic (exact) mass is 251 g/mol. The fourth-order valence-corrected chi connectivity index (χ4v) is 4.26. The summed E-state index contributed by atoms with van der Waals surface area (Å²) in [6.07, 6.45) is 14.6. The number of nitrogens with zero attached hydrogens (tertiary/aromatic N) is 1. The Kier molecular flexibility index (Phi) is 4.58. The zero-order valence-corrected chi connectivity index (χ0v) is 11.8. The predicted molar refractivity (Wildman–Crippen MR) is 74.8 cm³/mol. The molecule has 3 fully saturated rings. The Hall–Kier alpha value is -0.0800. The molecule has 0 aromatic carbocycles. The standard InChI is InChI=1S/C16H29NO/c1-2-8-15(9-3-1)18-13-14-7-6-12-17-11-5-4-10-16(14)17/h14-16H,1-13H2/t14-,16-/m0/s1. The Morgan fingerprint density at radius 1 is 0.778 bits per heavy atom. The number of rotatable bonds is 3. The van der Waals surface area contributed by atoms with Crippen LogP contribution in [0.5, 0.6) is 0 Å². The lowest BCUT2D eigenvalue weighted by Crippen LogP contribution is -2.49. The van der Waals surface area contributed by atoms with Crippen LogP contribution in [0.4, 0.5) is 0 Å². The highest BCUT2D eigenvalue weighted by atomic mass is 16.5. The van der Waals surface area contributed by atoms with Crippen molar-refractivity contribution in [2.75, 3.05) is 19.7 Å². The second kappa shape index (κ2) is 6.38. The van der Waals surface area contributed by atoms with Crippen LogP contribution in [0, 0.1) is 5.92 Å². The van der Waals surface area contributed by atoms with E-state index in [0.29, 0.717) is 6.10 Å². The lowest BCUT2D eigenvalue weighted by atomic mass is 9.84. The zero-order valence-electron chi connectivity index (χ0n) is 11.8. The van der Waals surface area contributed by atoms with Crippen molar-refractivity contribution in [1.82, 2.24) is 4.90 Å². The van der Waals surface area contributed by atoms with Gasteiger partial charge in [-0.1, -0.05) is 25.7 Å². The van der Waals surface area contributed by atoms with Crippen molar-refractivity contribution in [3.8, 4) is 0 Å². The average Bonchev–Trinajstić information content (AvgIpc) is 2.46. The lowest BCUT2D eigenvalue weighted by Gasteiger charge is -2.44. The number of ether oxygens (including phenoxy) is 1. The minimum absolute atomic E-state index is 0.595. The van der Waals surface area contributed by atoms with Crippen LogP contribution in [0.15, 0.2) is 0 Å². The van der Waals surface area contributed by atoms with Crippen molar-refractivity contribution in [3.63, 3.8) is 0 Å². The highest BCUT2D eigenvalue weighted by Crippen LogP contribution is 2.32. The van der Waals surface area contributed by atoms with Crippen LogP contribution in [0.2, 0.25) is 0 Å². The smallest absolute Gasteiger partial charge is 0.0575 e. The summed E-state index contributed by atoms with van der Waals surface area (Å²) in [5, 5.41) is 0. The fourth-order valence-electron chi connectivity index (χ4n) is 4.26. The van der Waals surface area contributed by atoms with E-state index in [9.17, 15) is 0 Å². The van der Waals surface area contributed by atoms with Gasteiger partial charge in [0, 0.05) is 6.04 Å². The Morgan fingerprint density at radius 2 is 1.56 bits per heavy atom. The zero-order chi connectivity index (χ0) is 12.2. The first-order valence-electron chi connectivity index (χ1n) is 8.29. The van der Waals surface area contributed by atoms with Crippen LogP contribution >= 0.6 is 0 Å². The van der Waals surface area contributed by atoms with Gasteiger partial charge in [0.25, 0.3) is 0 Å². The maximum Gasteiger partial charge on any atom is 0.0575 e.